The van der Waals surface area contributed by atoms with E-state index in [1.807, 2.05) is 20.8 Å². The fourth-order valence-corrected chi connectivity index (χ4v) is 6.35. The number of carbonyl (C=O) groups excluding carboxylic acids is 4. The van der Waals surface area contributed by atoms with E-state index in [9.17, 15) is 23.4 Å². The Hall–Kier alpha value is -5.03. The summed E-state index contributed by atoms with van der Waals surface area (Å²) in [4.78, 5) is 53.1. The summed E-state index contributed by atoms with van der Waals surface area (Å²) in [5.74, 6) is 5.07. The van der Waals surface area contributed by atoms with E-state index in [2.05, 4.69) is 41.1 Å². The number of unbranched alkanes of at least 4 members (excludes halogenated alkanes) is 2. The number of methoxy groups -OCH3 is 2. The van der Waals surface area contributed by atoms with E-state index >= 15 is 0 Å². The highest BCUT2D eigenvalue weighted by Gasteiger charge is 2.21. The zero-order valence-corrected chi connectivity index (χ0v) is 28.6. The molecule has 256 valence electrons. The zero-order chi connectivity index (χ0) is 35.3. The van der Waals surface area contributed by atoms with E-state index in [4.69, 9.17) is 10.3 Å². The number of ether oxygens (including phenoxy) is 2. The number of hydrogen-bond acceptors (Lipinski definition) is 11. The molecule has 2 aromatic heterocycles. The summed E-state index contributed by atoms with van der Waals surface area (Å²) in [6, 6.07) is 9.70. The number of hydrogen-bond donors (Lipinski definition) is 2. The standard InChI is InChI=1S/C34H41N5O8S/c1-34(2,3)27-21-28(38-47-27)37-32(42)25-12-10-11-23(19-25)15-16-24-20-26(22-36-31(24)35)33(43)39-48(44,17-8-6-13-29(40)45-4)18-9-7-14-30(41)46-5/h10-12,19-22H,6-9,13-14,17-18H2,1-5H3,(H2,35,36)(H,37,38,42). The first kappa shape index (κ1) is 37.4. The summed E-state index contributed by atoms with van der Waals surface area (Å²) in [6.45, 7) is 5.91. The third kappa shape index (κ3) is 11.6. The molecule has 3 rings (SSSR count). The van der Waals surface area contributed by atoms with Gasteiger partial charge < -0.3 is 25.0 Å². The Bertz CT molecular complexity index is 1790. The summed E-state index contributed by atoms with van der Waals surface area (Å²) in [7, 11) is -0.455. The molecule has 0 bridgehead atoms. The van der Waals surface area contributed by atoms with Gasteiger partial charge in [-0.15, -0.1) is 0 Å². The van der Waals surface area contributed by atoms with Crippen molar-refractivity contribution < 1.29 is 37.4 Å². The van der Waals surface area contributed by atoms with Crippen LogP contribution in [0.5, 0.6) is 0 Å². The molecule has 0 atom stereocenters. The van der Waals surface area contributed by atoms with Crippen molar-refractivity contribution in [2.75, 3.05) is 36.8 Å². The molecule has 2 heterocycles. The van der Waals surface area contributed by atoms with E-state index in [1.165, 1.54) is 26.5 Å². The van der Waals surface area contributed by atoms with Gasteiger partial charge in [-0.25, -0.2) is 9.19 Å². The first-order valence-electron chi connectivity index (χ1n) is 15.3. The number of nitrogens with one attached hydrogen (secondary N) is 1. The van der Waals surface area contributed by atoms with Crippen molar-refractivity contribution in [1.29, 1.82) is 0 Å². The first-order chi connectivity index (χ1) is 22.7. The smallest absolute Gasteiger partial charge is 0.305 e. The van der Waals surface area contributed by atoms with Crippen LogP contribution in [0.1, 0.15) is 96.9 Å². The molecule has 0 saturated carbocycles. The van der Waals surface area contributed by atoms with Crippen LogP contribution in [-0.4, -0.2) is 63.8 Å². The van der Waals surface area contributed by atoms with Crippen LogP contribution in [0.2, 0.25) is 0 Å². The Labute approximate surface area is 280 Å². The van der Waals surface area contributed by atoms with Gasteiger partial charge in [0.15, 0.2) is 5.82 Å². The first-order valence-corrected chi connectivity index (χ1v) is 17.1. The van der Waals surface area contributed by atoms with Gasteiger partial charge in [0.05, 0.1) is 35.1 Å². The SMILES string of the molecule is COC(=O)CCCCS(=O)(CCCCC(=O)OC)=NC(=O)c1cnc(N)c(C#Cc2cccc(C(=O)Nc3cc(C(C)(C)C)on3)c2)c1. The number of anilines is 2. The number of esters is 2. The molecule has 13 nitrogen and oxygen atoms in total. The molecule has 1 aromatic carbocycles. The van der Waals surface area contributed by atoms with Crippen molar-refractivity contribution in [2.24, 2.45) is 4.36 Å². The number of amides is 2. The van der Waals surface area contributed by atoms with E-state index in [1.54, 1.807) is 30.3 Å². The van der Waals surface area contributed by atoms with Crippen molar-refractivity contribution in [2.45, 2.75) is 64.7 Å². The molecule has 0 saturated heterocycles. The van der Waals surface area contributed by atoms with Crippen LogP contribution < -0.4 is 11.1 Å². The Balaban J connectivity index is 1.78. The van der Waals surface area contributed by atoms with E-state index in [0.29, 0.717) is 48.4 Å². The predicted octanol–water partition coefficient (Wildman–Crippen LogP) is 4.90. The summed E-state index contributed by atoms with van der Waals surface area (Å²) < 4.78 is 32.5. The highest BCUT2D eigenvalue weighted by molar-refractivity contribution is 7.93. The summed E-state index contributed by atoms with van der Waals surface area (Å²) in [5.41, 5.74) is 6.90. The average Bonchev–Trinajstić information content (AvgIpc) is 3.54. The van der Waals surface area contributed by atoms with Crippen molar-refractivity contribution in [3.8, 4) is 11.8 Å². The number of nitrogens with two attached hydrogens (primary N) is 1. The van der Waals surface area contributed by atoms with Gasteiger partial charge in [-0.05, 0) is 49.9 Å². The Morgan fingerprint density at radius 1 is 0.938 bits per heavy atom. The normalized spacial score (nSPS) is 11.2. The minimum absolute atomic E-state index is 0.0423. The van der Waals surface area contributed by atoms with Crippen molar-refractivity contribution >= 4 is 45.1 Å². The summed E-state index contributed by atoms with van der Waals surface area (Å²) >= 11 is 0. The summed E-state index contributed by atoms with van der Waals surface area (Å²) in [6.07, 6.45) is 3.14. The maximum Gasteiger partial charge on any atom is 0.305 e. The number of nitrogen functional groups attached to an aromatic ring is 1. The second-order valence-corrected chi connectivity index (χ2v) is 14.5. The number of nitrogens with zero attached hydrogens (tertiary/aromatic N) is 3. The zero-order valence-electron chi connectivity index (χ0n) is 27.8. The average molecular weight is 680 g/mol. The highest BCUT2D eigenvalue weighted by atomic mass is 32.2. The largest absolute Gasteiger partial charge is 0.469 e. The highest BCUT2D eigenvalue weighted by Crippen LogP contribution is 2.24. The second kappa shape index (κ2) is 17.2. The number of aromatic nitrogens is 2. The Morgan fingerprint density at radius 2 is 1.58 bits per heavy atom. The monoisotopic (exact) mass is 679 g/mol. The Morgan fingerprint density at radius 3 is 2.17 bits per heavy atom. The van der Waals surface area contributed by atoms with Crippen molar-refractivity contribution in [3.05, 3.63) is 70.6 Å². The molecule has 3 N–H and O–H groups in total. The number of carbonyl (C=O) groups is 4. The molecule has 0 aliphatic rings. The van der Waals surface area contributed by atoms with E-state index in [-0.39, 0.29) is 58.6 Å². The molecule has 0 aliphatic carbocycles. The number of benzene rings is 1. The quantitative estimate of drug-likeness (QED) is 0.142. The van der Waals surface area contributed by atoms with Gasteiger partial charge in [-0.3, -0.25) is 19.2 Å². The van der Waals surface area contributed by atoms with Crippen LogP contribution in [0, 0.1) is 11.8 Å². The van der Waals surface area contributed by atoms with Gasteiger partial charge in [0.1, 0.15) is 11.6 Å². The van der Waals surface area contributed by atoms with Gasteiger partial charge in [-0.2, -0.15) is 4.36 Å². The van der Waals surface area contributed by atoms with Crippen LogP contribution in [-0.2, 0) is 34.2 Å². The molecule has 2 amide bonds. The van der Waals surface area contributed by atoms with Crippen molar-refractivity contribution in [1.82, 2.24) is 10.1 Å². The maximum atomic E-state index is 13.8. The lowest BCUT2D eigenvalue weighted by atomic mass is 9.93. The topological polar surface area (TPSA) is 193 Å². The van der Waals surface area contributed by atoms with Crippen LogP contribution in [0.4, 0.5) is 11.6 Å². The predicted molar refractivity (Wildman–Crippen MR) is 181 cm³/mol. The minimum atomic E-state index is -3.04. The lowest BCUT2D eigenvalue weighted by molar-refractivity contribution is -0.141. The molecule has 0 unspecified atom stereocenters. The van der Waals surface area contributed by atoms with Crippen LogP contribution in [0.3, 0.4) is 0 Å². The van der Waals surface area contributed by atoms with Crippen LogP contribution >= 0.6 is 0 Å². The van der Waals surface area contributed by atoms with Gasteiger partial charge in [-0.1, -0.05) is 43.8 Å². The third-order valence-corrected chi connectivity index (χ3v) is 9.37. The molecule has 14 heteroatoms. The van der Waals surface area contributed by atoms with Crippen LogP contribution in [0.25, 0.3) is 0 Å². The Kier molecular flexibility index (Phi) is 13.4. The fraction of sp³-hybridized carbons (Fsp3) is 0.412. The minimum Gasteiger partial charge on any atom is -0.469 e. The van der Waals surface area contributed by atoms with Gasteiger partial charge in [0.25, 0.3) is 11.8 Å². The van der Waals surface area contributed by atoms with Crippen molar-refractivity contribution in [3.63, 3.8) is 0 Å². The molecule has 0 radical (unpaired) electrons. The number of rotatable bonds is 13. The molecule has 3 aromatic rings. The van der Waals surface area contributed by atoms with E-state index in [0.717, 1.165) is 0 Å². The van der Waals surface area contributed by atoms with Gasteiger partial charge >= 0.3 is 11.9 Å². The molecule has 0 aliphatic heterocycles. The third-order valence-electron chi connectivity index (χ3n) is 7.02. The summed E-state index contributed by atoms with van der Waals surface area (Å²) in [5, 5.41) is 6.63. The molecular formula is C34H41N5O8S. The van der Waals surface area contributed by atoms with Gasteiger partial charge in [0, 0.05) is 53.2 Å². The lowest BCUT2D eigenvalue weighted by Crippen LogP contribution is -2.15. The molecule has 0 spiro atoms. The second-order valence-electron chi connectivity index (χ2n) is 11.9. The fourth-order valence-electron chi connectivity index (χ4n) is 4.24. The van der Waals surface area contributed by atoms with Gasteiger partial charge in [0.2, 0.25) is 0 Å². The van der Waals surface area contributed by atoms with E-state index < -0.39 is 21.5 Å². The number of pyridine rings is 1. The molecule has 0 fully saturated rings. The molecule has 48 heavy (non-hydrogen) atoms. The molecular weight excluding hydrogens is 638 g/mol. The maximum absolute atomic E-state index is 13.8. The van der Waals surface area contributed by atoms with Crippen LogP contribution in [0.15, 0.2) is 51.5 Å². The lowest BCUT2D eigenvalue weighted by Gasteiger charge is -2.12.